The molecule has 0 aliphatic heterocycles. The number of methoxy groups -OCH3 is 1. The Bertz CT molecular complexity index is 624. The second-order valence-electron chi connectivity index (χ2n) is 5.42. The van der Waals surface area contributed by atoms with Crippen LogP contribution in [-0.4, -0.2) is 26.9 Å². The van der Waals surface area contributed by atoms with Crippen molar-refractivity contribution in [3.63, 3.8) is 0 Å². The summed E-state index contributed by atoms with van der Waals surface area (Å²) in [6, 6.07) is 16.2. The minimum atomic E-state index is 0.400. The molecule has 3 nitrogen and oxygen atoms in total. The zero-order valence-corrected chi connectivity index (χ0v) is 14.2. The summed E-state index contributed by atoms with van der Waals surface area (Å²) >= 11 is 0. The molecule has 0 amide bonds. The average molecular weight is 324 g/mol. The van der Waals surface area contributed by atoms with Gasteiger partial charge in [0.15, 0.2) is 0 Å². The van der Waals surface area contributed by atoms with Gasteiger partial charge in [0.2, 0.25) is 0 Å². The number of rotatable bonds is 10. The molecule has 0 aliphatic rings. The van der Waals surface area contributed by atoms with Crippen molar-refractivity contribution in [2.45, 2.75) is 19.3 Å². The first-order valence-corrected chi connectivity index (χ1v) is 8.22. The number of hydrogen-bond acceptors (Lipinski definition) is 3. The fourth-order valence-electron chi connectivity index (χ4n) is 2.33. The highest BCUT2D eigenvalue weighted by atomic mass is 16.5. The summed E-state index contributed by atoms with van der Waals surface area (Å²) in [5.74, 6) is 4.22. The van der Waals surface area contributed by atoms with E-state index in [1.807, 2.05) is 24.3 Å². The van der Waals surface area contributed by atoms with Crippen LogP contribution in [0.5, 0.6) is 11.5 Å². The standard InChI is InChI=1S/C21H24O3/c1-3-15-23-16-5-4-6-17-24-21-13-9-19(10-14-21)18-7-11-20(22-2)12-8-18/h1,7-14H,4-6,15-17H2,2H3. The summed E-state index contributed by atoms with van der Waals surface area (Å²) in [5, 5.41) is 0. The highest BCUT2D eigenvalue weighted by Crippen LogP contribution is 2.24. The van der Waals surface area contributed by atoms with Crippen LogP contribution in [0.25, 0.3) is 11.1 Å². The summed E-state index contributed by atoms with van der Waals surface area (Å²) in [6.07, 6.45) is 8.22. The Balaban J connectivity index is 1.71. The molecule has 0 atom stereocenters. The molecule has 0 saturated carbocycles. The van der Waals surface area contributed by atoms with Crippen molar-refractivity contribution in [3.8, 4) is 35.0 Å². The van der Waals surface area contributed by atoms with Crippen LogP contribution in [0.2, 0.25) is 0 Å². The van der Waals surface area contributed by atoms with Gasteiger partial charge in [-0.15, -0.1) is 6.42 Å². The summed E-state index contributed by atoms with van der Waals surface area (Å²) in [7, 11) is 1.67. The molecule has 126 valence electrons. The van der Waals surface area contributed by atoms with Crippen molar-refractivity contribution < 1.29 is 14.2 Å². The maximum atomic E-state index is 5.77. The summed E-state index contributed by atoms with van der Waals surface area (Å²) in [6.45, 7) is 1.84. The highest BCUT2D eigenvalue weighted by molar-refractivity contribution is 5.64. The van der Waals surface area contributed by atoms with Gasteiger partial charge < -0.3 is 14.2 Å². The Labute approximate surface area is 144 Å². The van der Waals surface area contributed by atoms with Gasteiger partial charge in [-0.2, -0.15) is 0 Å². The molecule has 2 aromatic rings. The minimum Gasteiger partial charge on any atom is -0.497 e. The normalized spacial score (nSPS) is 10.2. The number of terminal acetylenes is 1. The molecule has 0 spiro atoms. The van der Waals surface area contributed by atoms with Crippen molar-refractivity contribution >= 4 is 0 Å². The SMILES string of the molecule is C#CCOCCCCCOc1ccc(-c2ccc(OC)cc2)cc1. The molecule has 0 heterocycles. The van der Waals surface area contributed by atoms with Gasteiger partial charge in [-0.1, -0.05) is 30.2 Å². The van der Waals surface area contributed by atoms with E-state index in [1.54, 1.807) is 7.11 Å². The van der Waals surface area contributed by atoms with E-state index in [0.717, 1.165) is 55.1 Å². The van der Waals surface area contributed by atoms with Gasteiger partial charge in [-0.05, 0) is 54.7 Å². The second-order valence-corrected chi connectivity index (χ2v) is 5.42. The summed E-state index contributed by atoms with van der Waals surface area (Å²) < 4.78 is 16.2. The first-order chi connectivity index (χ1) is 11.8. The van der Waals surface area contributed by atoms with Crippen LogP contribution in [0.15, 0.2) is 48.5 Å². The van der Waals surface area contributed by atoms with Crippen molar-refractivity contribution in [3.05, 3.63) is 48.5 Å². The second kappa shape index (κ2) is 10.4. The zero-order chi connectivity index (χ0) is 17.0. The lowest BCUT2D eigenvalue weighted by Gasteiger charge is -2.08. The van der Waals surface area contributed by atoms with Gasteiger partial charge in [0.05, 0.1) is 13.7 Å². The number of benzene rings is 2. The maximum absolute atomic E-state index is 5.77. The largest absolute Gasteiger partial charge is 0.497 e. The molecule has 2 rings (SSSR count). The van der Waals surface area contributed by atoms with E-state index >= 15 is 0 Å². The maximum Gasteiger partial charge on any atom is 0.119 e. The highest BCUT2D eigenvalue weighted by Gasteiger charge is 2.00. The number of hydrogen-bond donors (Lipinski definition) is 0. The predicted octanol–water partition coefficient (Wildman–Crippen LogP) is 4.56. The first kappa shape index (κ1) is 17.9. The average Bonchev–Trinajstić information content (AvgIpc) is 2.64. The molecule has 0 N–H and O–H groups in total. The molecular formula is C21H24O3. The third kappa shape index (κ3) is 5.98. The molecule has 0 saturated heterocycles. The van der Waals surface area contributed by atoms with E-state index in [2.05, 4.69) is 30.2 Å². The minimum absolute atomic E-state index is 0.400. The molecular weight excluding hydrogens is 300 g/mol. The summed E-state index contributed by atoms with van der Waals surface area (Å²) in [5.41, 5.74) is 2.32. The topological polar surface area (TPSA) is 27.7 Å². The zero-order valence-electron chi connectivity index (χ0n) is 14.2. The van der Waals surface area contributed by atoms with Crippen molar-refractivity contribution in [1.29, 1.82) is 0 Å². The molecule has 2 aromatic carbocycles. The monoisotopic (exact) mass is 324 g/mol. The van der Waals surface area contributed by atoms with Crippen molar-refractivity contribution in [1.82, 2.24) is 0 Å². The first-order valence-electron chi connectivity index (χ1n) is 8.22. The van der Waals surface area contributed by atoms with Gasteiger partial charge in [0, 0.05) is 6.61 Å². The van der Waals surface area contributed by atoms with Gasteiger partial charge in [-0.25, -0.2) is 0 Å². The van der Waals surface area contributed by atoms with Crippen LogP contribution in [0.1, 0.15) is 19.3 Å². The summed E-state index contributed by atoms with van der Waals surface area (Å²) in [4.78, 5) is 0. The fourth-order valence-corrected chi connectivity index (χ4v) is 2.33. The molecule has 3 heteroatoms. The number of ether oxygens (including phenoxy) is 3. The predicted molar refractivity (Wildman–Crippen MR) is 97.4 cm³/mol. The molecule has 0 radical (unpaired) electrons. The molecule has 0 fully saturated rings. The lowest BCUT2D eigenvalue weighted by molar-refractivity contribution is 0.160. The Morgan fingerprint density at radius 3 is 1.96 bits per heavy atom. The Morgan fingerprint density at radius 1 is 0.792 bits per heavy atom. The van der Waals surface area contributed by atoms with E-state index in [-0.39, 0.29) is 0 Å². The molecule has 0 aromatic heterocycles. The van der Waals surface area contributed by atoms with Crippen LogP contribution >= 0.6 is 0 Å². The van der Waals surface area contributed by atoms with Crippen molar-refractivity contribution in [2.24, 2.45) is 0 Å². The van der Waals surface area contributed by atoms with Gasteiger partial charge in [-0.3, -0.25) is 0 Å². The fraction of sp³-hybridized carbons (Fsp3) is 0.333. The number of unbranched alkanes of at least 4 members (excludes halogenated alkanes) is 2. The van der Waals surface area contributed by atoms with Crippen molar-refractivity contribution in [2.75, 3.05) is 26.9 Å². The Hall–Kier alpha value is -2.44. The van der Waals surface area contributed by atoms with Crippen LogP contribution in [0.3, 0.4) is 0 Å². The van der Waals surface area contributed by atoms with Crippen LogP contribution in [0.4, 0.5) is 0 Å². The van der Waals surface area contributed by atoms with Gasteiger partial charge in [0.25, 0.3) is 0 Å². The smallest absolute Gasteiger partial charge is 0.119 e. The molecule has 24 heavy (non-hydrogen) atoms. The van der Waals surface area contributed by atoms with Crippen LogP contribution < -0.4 is 9.47 Å². The van der Waals surface area contributed by atoms with E-state index in [0.29, 0.717) is 6.61 Å². The molecule has 0 bridgehead atoms. The van der Waals surface area contributed by atoms with E-state index < -0.39 is 0 Å². The lowest BCUT2D eigenvalue weighted by Crippen LogP contribution is -1.99. The van der Waals surface area contributed by atoms with E-state index in [9.17, 15) is 0 Å². The van der Waals surface area contributed by atoms with Gasteiger partial charge >= 0.3 is 0 Å². The molecule has 0 unspecified atom stereocenters. The van der Waals surface area contributed by atoms with Crippen LogP contribution in [0, 0.1) is 12.3 Å². The molecule has 0 aliphatic carbocycles. The van der Waals surface area contributed by atoms with E-state index in [4.69, 9.17) is 20.6 Å². The Morgan fingerprint density at radius 2 is 1.38 bits per heavy atom. The third-order valence-electron chi connectivity index (χ3n) is 3.66. The third-order valence-corrected chi connectivity index (χ3v) is 3.66. The Kier molecular flexibility index (Phi) is 7.73. The van der Waals surface area contributed by atoms with Crippen LogP contribution in [-0.2, 0) is 4.74 Å². The van der Waals surface area contributed by atoms with E-state index in [1.165, 1.54) is 0 Å². The quantitative estimate of drug-likeness (QED) is 0.473. The van der Waals surface area contributed by atoms with Gasteiger partial charge in [0.1, 0.15) is 18.1 Å². The lowest BCUT2D eigenvalue weighted by atomic mass is 10.1.